The lowest BCUT2D eigenvalue weighted by molar-refractivity contribution is 0.183. The Kier molecular flexibility index (Phi) is 4.48. The summed E-state index contributed by atoms with van der Waals surface area (Å²) in [6.07, 6.45) is 3.89. The molecular formula is C16H18N4O2. The smallest absolute Gasteiger partial charge is 0.317 e. The van der Waals surface area contributed by atoms with E-state index in [1.165, 1.54) is 6.33 Å². The second kappa shape index (κ2) is 6.89. The first-order valence-corrected chi connectivity index (χ1v) is 7.30. The van der Waals surface area contributed by atoms with E-state index in [-0.39, 0.29) is 12.1 Å². The van der Waals surface area contributed by atoms with Crippen LogP contribution in [-0.2, 0) is 6.54 Å². The average Bonchev–Trinajstić information content (AvgIpc) is 3.03. The molecule has 0 spiro atoms. The number of aromatic nitrogens is 2. The summed E-state index contributed by atoms with van der Waals surface area (Å²) in [5.41, 5.74) is 1.09. The molecule has 2 heterocycles. The van der Waals surface area contributed by atoms with Crippen LogP contribution < -0.4 is 10.1 Å². The Morgan fingerprint density at radius 3 is 2.95 bits per heavy atom. The van der Waals surface area contributed by atoms with E-state index >= 15 is 0 Å². The van der Waals surface area contributed by atoms with Gasteiger partial charge >= 0.3 is 6.03 Å². The number of hydrogen-bond acceptors (Lipinski definition) is 4. The zero-order valence-corrected chi connectivity index (χ0v) is 12.2. The molecule has 6 nitrogen and oxygen atoms in total. The number of hydrogen-bond donors (Lipinski definition) is 1. The largest absolute Gasteiger partial charge is 0.472 e. The molecule has 1 fully saturated rings. The van der Waals surface area contributed by atoms with Crippen molar-refractivity contribution >= 4 is 6.03 Å². The molecule has 1 saturated heterocycles. The number of nitrogens with zero attached hydrogens (tertiary/aromatic N) is 3. The fourth-order valence-electron chi connectivity index (χ4n) is 2.41. The summed E-state index contributed by atoms with van der Waals surface area (Å²) in [6, 6.07) is 11.5. The van der Waals surface area contributed by atoms with Gasteiger partial charge in [-0.15, -0.1) is 0 Å². The van der Waals surface area contributed by atoms with Crippen molar-refractivity contribution in [2.45, 2.75) is 19.1 Å². The molecule has 1 aromatic heterocycles. The van der Waals surface area contributed by atoms with E-state index in [1.54, 1.807) is 17.2 Å². The molecule has 6 heteroatoms. The molecule has 22 heavy (non-hydrogen) atoms. The van der Waals surface area contributed by atoms with Gasteiger partial charge in [-0.3, -0.25) is 0 Å². The topological polar surface area (TPSA) is 67.4 Å². The van der Waals surface area contributed by atoms with Gasteiger partial charge in [-0.2, -0.15) is 0 Å². The lowest BCUT2D eigenvalue weighted by atomic mass is 10.2. The molecule has 3 rings (SSSR count). The molecule has 2 aromatic rings. The highest BCUT2D eigenvalue weighted by atomic mass is 16.5. The predicted molar refractivity (Wildman–Crippen MR) is 81.3 cm³/mol. The van der Waals surface area contributed by atoms with Crippen molar-refractivity contribution in [3.8, 4) is 5.88 Å². The van der Waals surface area contributed by atoms with Crippen LogP contribution in [0.1, 0.15) is 12.0 Å². The van der Waals surface area contributed by atoms with Crippen LogP contribution in [0.2, 0.25) is 0 Å². The van der Waals surface area contributed by atoms with Crippen molar-refractivity contribution in [1.82, 2.24) is 20.2 Å². The SMILES string of the molecule is O=C(NCc1ccccc1)N1CCC(Oc2ccncn2)C1. The lowest BCUT2D eigenvalue weighted by Gasteiger charge is -2.17. The summed E-state index contributed by atoms with van der Waals surface area (Å²) in [4.78, 5) is 21.8. The van der Waals surface area contributed by atoms with E-state index in [0.717, 1.165) is 12.0 Å². The fraction of sp³-hybridized carbons (Fsp3) is 0.312. The normalized spacial score (nSPS) is 17.3. The quantitative estimate of drug-likeness (QED) is 0.935. The van der Waals surface area contributed by atoms with Crippen LogP contribution in [0.4, 0.5) is 4.79 Å². The van der Waals surface area contributed by atoms with Crippen molar-refractivity contribution < 1.29 is 9.53 Å². The molecular weight excluding hydrogens is 280 g/mol. The van der Waals surface area contributed by atoms with Crippen LogP contribution in [0, 0.1) is 0 Å². The first-order valence-electron chi connectivity index (χ1n) is 7.30. The molecule has 1 N–H and O–H groups in total. The highest BCUT2D eigenvalue weighted by Crippen LogP contribution is 2.15. The van der Waals surface area contributed by atoms with E-state index < -0.39 is 0 Å². The highest BCUT2D eigenvalue weighted by molar-refractivity contribution is 5.74. The zero-order chi connectivity index (χ0) is 15.2. The molecule has 1 aliphatic heterocycles. The fourth-order valence-corrected chi connectivity index (χ4v) is 2.41. The van der Waals surface area contributed by atoms with Crippen LogP contribution in [-0.4, -0.2) is 40.1 Å². The Balaban J connectivity index is 1.46. The summed E-state index contributed by atoms with van der Waals surface area (Å²) in [5, 5.41) is 2.93. The van der Waals surface area contributed by atoms with E-state index in [4.69, 9.17) is 4.74 Å². The van der Waals surface area contributed by atoms with Crippen LogP contribution in [0.15, 0.2) is 48.9 Å². The molecule has 0 bridgehead atoms. The number of ether oxygens (including phenoxy) is 1. The number of carbonyl (C=O) groups is 1. The van der Waals surface area contributed by atoms with Crippen LogP contribution in [0.3, 0.4) is 0 Å². The van der Waals surface area contributed by atoms with Crippen molar-refractivity contribution in [3.05, 3.63) is 54.5 Å². The van der Waals surface area contributed by atoms with Gasteiger partial charge in [0.25, 0.3) is 0 Å². The predicted octanol–water partition coefficient (Wildman–Crippen LogP) is 1.84. The van der Waals surface area contributed by atoms with Crippen molar-refractivity contribution in [3.63, 3.8) is 0 Å². The molecule has 1 atom stereocenters. The molecule has 0 radical (unpaired) electrons. The van der Waals surface area contributed by atoms with Crippen LogP contribution in [0.5, 0.6) is 5.88 Å². The monoisotopic (exact) mass is 298 g/mol. The second-order valence-corrected chi connectivity index (χ2v) is 5.17. The van der Waals surface area contributed by atoms with Gasteiger partial charge in [-0.1, -0.05) is 30.3 Å². The van der Waals surface area contributed by atoms with E-state index in [1.807, 2.05) is 30.3 Å². The third-order valence-corrected chi connectivity index (χ3v) is 3.56. The minimum absolute atomic E-state index is 0.0163. The van der Waals surface area contributed by atoms with Gasteiger partial charge in [0.05, 0.1) is 6.54 Å². The van der Waals surface area contributed by atoms with Crippen molar-refractivity contribution in [1.29, 1.82) is 0 Å². The van der Waals surface area contributed by atoms with Gasteiger partial charge in [-0.25, -0.2) is 14.8 Å². The van der Waals surface area contributed by atoms with Crippen LogP contribution >= 0.6 is 0 Å². The minimum Gasteiger partial charge on any atom is -0.472 e. The summed E-state index contributed by atoms with van der Waals surface area (Å²) >= 11 is 0. The molecule has 1 aromatic carbocycles. The second-order valence-electron chi connectivity index (χ2n) is 5.17. The van der Waals surface area contributed by atoms with Gasteiger partial charge in [0.1, 0.15) is 12.4 Å². The Morgan fingerprint density at radius 1 is 1.32 bits per heavy atom. The summed E-state index contributed by atoms with van der Waals surface area (Å²) in [6.45, 7) is 1.80. The highest BCUT2D eigenvalue weighted by Gasteiger charge is 2.27. The minimum atomic E-state index is -0.0577. The Bertz CT molecular complexity index is 606. The van der Waals surface area contributed by atoms with Gasteiger partial charge < -0.3 is 15.0 Å². The Labute approximate surface area is 129 Å². The maximum Gasteiger partial charge on any atom is 0.317 e. The third kappa shape index (κ3) is 3.72. The molecule has 114 valence electrons. The van der Waals surface area contributed by atoms with Crippen molar-refractivity contribution in [2.24, 2.45) is 0 Å². The number of rotatable bonds is 4. The maximum atomic E-state index is 12.2. The summed E-state index contributed by atoms with van der Waals surface area (Å²) in [5.74, 6) is 0.548. The lowest BCUT2D eigenvalue weighted by Crippen LogP contribution is -2.39. The number of urea groups is 1. The standard InChI is InChI=1S/C16H18N4O2/c21-16(18-10-13-4-2-1-3-5-13)20-9-7-14(11-20)22-15-6-8-17-12-19-15/h1-6,8,12,14H,7,9-11H2,(H,18,21). The van der Waals surface area contributed by atoms with E-state index in [0.29, 0.717) is 25.5 Å². The first-order chi connectivity index (χ1) is 10.8. The number of benzene rings is 1. The number of nitrogens with one attached hydrogen (secondary N) is 1. The molecule has 0 saturated carbocycles. The molecule has 0 aliphatic carbocycles. The summed E-state index contributed by atoms with van der Waals surface area (Å²) < 4.78 is 5.75. The Hall–Kier alpha value is -2.63. The first kappa shape index (κ1) is 14.3. The van der Waals surface area contributed by atoms with Gasteiger partial charge in [0, 0.05) is 31.8 Å². The maximum absolute atomic E-state index is 12.2. The van der Waals surface area contributed by atoms with Crippen molar-refractivity contribution in [2.75, 3.05) is 13.1 Å². The van der Waals surface area contributed by atoms with Crippen LogP contribution in [0.25, 0.3) is 0 Å². The molecule has 1 aliphatic rings. The number of amides is 2. The number of carbonyl (C=O) groups excluding carboxylic acids is 1. The third-order valence-electron chi connectivity index (χ3n) is 3.56. The molecule has 2 amide bonds. The van der Waals surface area contributed by atoms with Gasteiger partial charge in [0.15, 0.2) is 0 Å². The van der Waals surface area contributed by atoms with E-state index in [2.05, 4.69) is 15.3 Å². The summed E-state index contributed by atoms with van der Waals surface area (Å²) in [7, 11) is 0. The average molecular weight is 298 g/mol. The molecule has 1 unspecified atom stereocenters. The van der Waals surface area contributed by atoms with E-state index in [9.17, 15) is 4.79 Å². The number of likely N-dealkylation sites (tertiary alicyclic amines) is 1. The Morgan fingerprint density at radius 2 is 2.18 bits per heavy atom. The van der Waals surface area contributed by atoms with Gasteiger partial charge in [0.2, 0.25) is 5.88 Å². The zero-order valence-electron chi connectivity index (χ0n) is 12.2. The van der Waals surface area contributed by atoms with Gasteiger partial charge in [-0.05, 0) is 5.56 Å².